The molecule has 5 aliphatic rings. The van der Waals surface area contributed by atoms with Crippen LogP contribution in [0.3, 0.4) is 0 Å². The quantitative estimate of drug-likeness (QED) is 0.229. The summed E-state index contributed by atoms with van der Waals surface area (Å²) in [5, 5.41) is 9.29. The maximum absolute atomic E-state index is 12.2. The molecule has 15 nitrogen and oxygen atoms in total. The topological polar surface area (TPSA) is 138 Å². The first-order valence-corrected chi connectivity index (χ1v) is 19.9. The van der Waals surface area contributed by atoms with Crippen LogP contribution in [-0.2, 0) is 17.8 Å². The van der Waals surface area contributed by atoms with Crippen LogP contribution in [0.15, 0.2) is 60.9 Å². The Hall–Kier alpha value is -5.67. The van der Waals surface area contributed by atoms with Crippen LogP contribution in [0.2, 0.25) is 0 Å². The maximum atomic E-state index is 12.2. The van der Waals surface area contributed by atoms with Crippen LogP contribution in [0.5, 0.6) is 5.88 Å². The molecule has 9 rings (SSSR count). The predicted molar refractivity (Wildman–Crippen MR) is 219 cm³/mol. The fourth-order valence-electron chi connectivity index (χ4n) is 8.38. The lowest BCUT2D eigenvalue weighted by atomic mass is 10.0. The monoisotopic (exact) mass is 758 g/mol. The van der Waals surface area contributed by atoms with Gasteiger partial charge in [0.05, 0.1) is 24.1 Å². The zero-order chi connectivity index (χ0) is 38.0. The molecule has 4 aromatic rings. The number of nitrogens with zero attached hydrogens (tertiary/aromatic N) is 9. The molecular weight excluding hydrogens is 709 g/mol. The van der Waals surface area contributed by atoms with Gasteiger partial charge in [-0.25, -0.2) is 19.7 Å². The van der Waals surface area contributed by atoms with Crippen molar-refractivity contribution in [3.8, 4) is 5.88 Å². The van der Waals surface area contributed by atoms with E-state index in [1.54, 1.807) is 4.90 Å². The van der Waals surface area contributed by atoms with Crippen LogP contribution in [-0.4, -0.2) is 128 Å². The van der Waals surface area contributed by atoms with Crippen molar-refractivity contribution < 1.29 is 14.3 Å². The molecule has 292 valence electrons. The summed E-state index contributed by atoms with van der Waals surface area (Å²) >= 11 is 0. The minimum atomic E-state index is -0.346. The molecule has 7 heterocycles. The van der Waals surface area contributed by atoms with Crippen LogP contribution in [0.4, 0.5) is 44.9 Å². The molecule has 56 heavy (non-hydrogen) atoms. The van der Waals surface area contributed by atoms with Gasteiger partial charge in [-0.15, -0.1) is 0 Å². The minimum absolute atomic E-state index is 0.213. The normalized spacial score (nSPS) is 19.2. The molecule has 3 fully saturated rings. The number of benzene rings is 2. The third kappa shape index (κ3) is 7.73. The van der Waals surface area contributed by atoms with Crippen molar-refractivity contribution in [2.45, 2.75) is 26.3 Å². The first-order valence-electron chi connectivity index (χ1n) is 19.9. The highest BCUT2D eigenvalue weighted by molar-refractivity contribution is 6.05. The Morgan fingerprint density at radius 3 is 2.07 bits per heavy atom. The molecule has 0 radical (unpaired) electrons. The van der Waals surface area contributed by atoms with Gasteiger partial charge in [0.25, 0.3) is 0 Å². The fraction of sp³-hybridized carbons (Fsp3) is 0.439. The molecule has 0 spiro atoms. The van der Waals surface area contributed by atoms with Crippen LogP contribution in [0, 0.1) is 6.92 Å². The van der Waals surface area contributed by atoms with Crippen molar-refractivity contribution in [1.29, 1.82) is 0 Å². The van der Waals surface area contributed by atoms with E-state index in [-0.39, 0.29) is 11.9 Å². The van der Waals surface area contributed by atoms with Gasteiger partial charge in [-0.05, 0) is 67.4 Å². The second-order valence-electron chi connectivity index (χ2n) is 15.2. The Kier molecular flexibility index (Phi) is 10.2. The number of ether oxygens (including phenoxy) is 1. The first kappa shape index (κ1) is 36.0. The molecule has 15 heteroatoms. The largest absolute Gasteiger partial charge is 0.474 e. The van der Waals surface area contributed by atoms with Crippen LogP contribution < -0.4 is 40.3 Å². The van der Waals surface area contributed by atoms with E-state index < -0.39 is 0 Å². The van der Waals surface area contributed by atoms with Crippen molar-refractivity contribution in [2.75, 3.05) is 122 Å². The summed E-state index contributed by atoms with van der Waals surface area (Å²) in [6.45, 7) is 15.9. The fourth-order valence-corrected chi connectivity index (χ4v) is 8.38. The van der Waals surface area contributed by atoms with Gasteiger partial charge in [0.2, 0.25) is 17.7 Å². The summed E-state index contributed by atoms with van der Waals surface area (Å²) in [6, 6.07) is 16.4. The van der Waals surface area contributed by atoms with Crippen molar-refractivity contribution in [1.82, 2.24) is 30.1 Å². The van der Waals surface area contributed by atoms with Crippen molar-refractivity contribution in [3.63, 3.8) is 0 Å². The summed E-state index contributed by atoms with van der Waals surface area (Å²) in [5.74, 6) is 1.09. The number of pyridine rings is 1. The van der Waals surface area contributed by atoms with E-state index in [4.69, 9.17) is 9.72 Å². The SMILES string of the molecule is Cc1c(N2CCc3cnc(Nc4ccc(N5CCN(CCN6CCN(c7ccc(N8CCC(=O)NC8=O)cc7)CC6)CC5)cc4)nc3C2)cnc2c1NCCO2. The molecule has 0 bridgehead atoms. The molecule has 0 aliphatic carbocycles. The van der Waals surface area contributed by atoms with E-state index in [1.807, 2.05) is 24.5 Å². The van der Waals surface area contributed by atoms with E-state index in [1.165, 1.54) is 16.9 Å². The van der Waals surface area contributed by atoms with E-state index in [9.17, 15) is 9.59 Å². The van der Waals surface area contributed by atoms with Crippen molar-refractivity contribution in [3.05, 3.63) is 77.7 Å². The number of carbonyl (C=O) groups excluding carboxylic acids is 2. The average Bonchev–Trinajstić information content (AvgIpc) is 3.24. The lowest BCUT2D eigenvalue weighted by Gasteiger charge is -2.39. The summed E-state index contributed by atoms with van der Waals surface area (Å²) in [6.07, 6.45) is 5.11. The van der Waals surface area contributed by atoms with Gasteiger partial charge < -0.3 is 30.1 Å². The maximum Gasteiger partial charge on any atom is 0.328 e. The van der Waals surface area contributed by atoms with Gasteiger partial charge in [-0.2, -0.15) is 0 Å². The van der Waals surface area contributed by atoms with E-state index >= 15 is 0 Å². The number of fused-ring (bicyclic) bond motifs is 2. The third-order valence-corrected chi connectivity index (χ3v) is 11.8. The summed E-state index contributed by atoms with van der Waals surface area (Å²) in [7, 11) is 0. The number of hydrogen-bond donors (Lipinski definition) is 3. The molecule has 3 N–H and O–H groups in total. The van der Waals surface area contributed by atoms with E-state index in [2.05, 4.69) is 93.7 Å². The molecule has 0 atom stereocenters. The zero-order valence-corrected chi connectivity index (χ0v) is 32.0. The van der Waals surface area contributed by atoms with Crippen molar-refractivity contribution in [2.24, 2.45) is 0 Å². The lowest BCUT2D eigenvalue weighted by Crippen LogP contribution is -2.51. The molecule has 0 saturated carbocycles. The molecule has 0 unspecified atom stereocenters. The summed E-state index contributed by atoms with van der Waals surface area (Å²) in [5.41, 5.74) is 9.71. The Balaban J connectivity index is 0.713. The second kappa shape index (κ2) is 15.8. The van der Waals surface area contributed by atoms with Crippen LogP contribution >= 0.6 is 0 Å². The first-order chi connectivity index (χ1) is 27.4. The van der Waals surface area contributed by atoms with Crippen LogP contribution in [0.1, 0.15) is 23.2 Å². The highest BCUT2D eigenvalue weighted by atomic mass is 16.5. The number of amides is 3. The van der Waals surface area contributed by atoms with Gasteiger partial charge in [0.1, 0.15) is 12.3 Å². The average molecular weight is 759 g/mol. The number of piperazine rings is 2. The predicted octanol–water partition coefficient (Wildman–Crippen LogP) is 3.68. The molecule has 3 amide bonds. The number of nitrogens with one attached hydrogen (secondary N) is 3. The van der Waals surface area contributed by atoms with E-state index in [0.717, 1.165) is 119 Å². The molecule has 3 saturated heterocycles. The Bertz CT molecular complexity index is 2050. The Morgan fingerprint density at radius 2 is 1.39 bits per heavy atom. The molecular formula is C41H50N12O3. The van der Waals surface area contributed by atoms with Gasteiger partial charge in [0.15, 0.2) is 0 Å². The van der Waals surface area contributed by atoms with E-state index in [0.29, 0.717) is 37.9 Å². The number of rotatable bonds is 9. The smallest absolute Gasteiger partial charge is 0.328 e. The highest BCUT2D eigenvalue weighted by Crippen LogP contribution is 2.36. The second-order valence-corrected chi connectivity index (χ2v) is 15.2. The van der Waals surface area contributed by atoms with Crippen molar-refractivity contribution >= 4 is 52.0 Å². The number of aromatic nitrogens is 3. The van der Waals surface area contributed by atoms with Gasteiger partial charge >= 0.3 is 6.03 Å². The lowest BCUT2D eigenvalue weighted by molar-refractivity contribution is -0.120. The molecule has 2 aromatic carbocycles. The van der Waals surface area contributed by atoms with Gasteiger partial charge in [0, 0.05) is 126 Å². The zero-order valence-electron chi connectivity index (χ0n) is 32.0. The third-order valence-electron chi connectivity index (χ3n) is 11.8. The number of hydrogen-bond acceptors (Lipinski definition) is 13. The summed E-state index contributed by atoms with van der Waals surface area (Å²) < 4.78 is 5.74. The number of urea groups is 1. The minimum Gasteiger partial charge on any atom is -0.474 e. The number of anilines is 7. The molecule has 5 aliphatic heterocycles. The highest BCUT2D eigenvalue weighted by Gasteiger charge is 2.26. The van der Waals surface area contributed by atoms with Gasteiger partial charge in [-0.1, -0.05) is 0 Å². The Labute approximate surface area is 327 Å². The standard InChI is InChI=1S/C41H50N12O3/c1-29-36(27-43-39-38(29)42-12-25-56-39)52-13-10-30-26-44-40(46-35(30)28-52)45-31-2-4-32(5-3-31)50-21-17-48(18-22-50)15-16-49-19-23-51(24-20-49)33-6-8-34(9-7-33)53-14-11-37(54)47-41(53)55/h2-9,26-27,42H,10-25,28H2,1H3,(H,44,45,46)(H,47,54,55). The number of carbonyl (C=O) groups is 2. The summed E-state index contributed by atoms with van der Waals surface area (Å²) in [4.78, 5) is 51.9. The molecule has 2 aromatic heterocycles. The van der Waals surface area contributed by atoms with Gasteiger partial charge in [-0.3, -0.25) is 24.8 Å². The Morgan fingerprint density at radius 1 is 0.732 bits per heavy atom. The van der Waals surface area contributed by atoms with Crippen LogP contribution in [0.25, 0.3) is 0 Å². The number of imide groups is 1.